The number of imide groups is 1. The van der Waals surface area contributed by atoms with Crippen LogP contribution < -0.4 is 9.46 Å². The van der Waals surface area contributed by atoms with E-state index < -0.39 is 54.7 Å². The molecule has 0 bridgehead atoms. The van der Waals surface area contributed by atoms with E-state index in [4.69, 9.17) is 9.84 Å². The average Bonchev–Trinajstić information content (AvgIpc) is 3.49. The first-order chi connectivity index (χ1) is 21.9. The number of likely N-dealkylation sites (tertiary alicyclic amines) is 1. The summed E-state index contributed by atoms with van der Waals surface area (Å²) in [6.07, 6.45) is -2.93. The van der Waals surface area contributed by atoms with Gasteiger partial charge in [-0.2, -0.15) is 35.3 Å². The largest absolute Gasteiger partial charge is 0.497 e. The molecular weight excluding hydrogens is 663 g/mol. The Hall–Kier alpha value is -4.09. The molecule has 5 rings (SSSR count). The molecule has 3 heterocycles. The summed E-state index contributed by atoms with van der Waals surface area (Å²) < 4.78 is 74.9. The molecule has 2 fully saturated rings. The fourth-order valence-electron chi connectivity index (χ4n) is 6.21. The number of halogens is 3. The number of thioether (sulfide) groups is 1. The Bertz CT molecular complexity index is 1890. The van der Waals surface area contributed by atoms with Crippen LogP contribution >= 0.6 is 11.8 Å². The zero-order chi connectivity index (χ0) is 34.5. The number of carboxylic acid groups (broad SMARTS) is 1. The number of alkyl halides is 3. The van der Waals surface area contributed by atoms with Gasteiger partial charge in [0.15, 0.2) is 0 Å². The molecule has 3 amide bonds. The van der Waals surface area contributed by atoms with E-state index in [-0.39, 0.29) is 48.7 Å². The van der Waals surface area contributed by atoms with Gasteiger partial charge in [-0.15, -0.1) is 0 Å². The molecule has 2 aliphatic heterocycles. The maximum Gasteiger partial charge on any atom is 0.422 e. The summed E-state index contributed by atoms with van der Waals surface area (Å²) in [7, 11) is -3.06. The van der Waals surface area contributed by atoms with E-state index in [2.05, 4.69) is 5.10 Å². The van der Waals surface area contributed by atoms with Gasteiger partial charge in [-0.25, -0.2) is 4.79 Å². The van der Waals surface area contributed by atoms with Gasteiger partial charge in [-0.3, -0.25) is 19.2 Å². The highest BCUT2D eigenvalue weighted by molar-refractivity contribution is 8.18. The van der Waals surface area contributed by atoms with Gasteiger partial charge in [0.2, 0.25) is 0 Å². The minimum atomic E-state index is -4.59. The number of fused-ring (bicyclic) bond motifs is 1. The second-order valence-corrected chi connectivity index (χ2v) is 15.2. The van der Waals surface area contributed by atoms with E-state index in [0.29, 0.717) is 16.5 Å². The first kappa shape index (κ1) is 34.3. The smallest absolute Gasteiger partial charge is 0.422 e. The highest BCUT2D eigenvalue weighted by Gasteiger charge is 2.56. The van der Waals surface area contributed by atoms with E-state index in [1.807, 2.05) is 0 Å². The van der Waals surface area contributed by atoms with E-state index in [1.54, 1.807) is 49.8 Å². The van der Waals surface area contributed by atoms with E-state index in [0.717, 1.165) is 22.7 Å². The number of hydrogen-bond donors (Lipinski definition) is 2. The number of ether oxygens (including phenoxy) is 1. The summed E-state index contributed by atoms with van der Waals surface area (Å²) >= 11 is 0.756. The van der Waals surface area contributed by atoms with Gasteiger partial charge in [0.05, 0.1) is 55.0 Å². The normalized spacial score (nSPS) is 21.9. The van der Waals surface area contributed by atoms with Gasteiger partial charge >= 0.3 is 22.5 Å². The van der Waals surface area contributed by atoms with Crippen LogP contribution in [0.5, 0.6) is 5.75 Å². The van der Waals surface area contributed by atoms with Crippen molar-refractivity contribution in [3.8, 4) is 5.75 Å². The summed E-state index contributed by atoms with van der Waals surface area (Å²) in [6, 6.07) is 8.21. The molecule has 47 heavy (non-hydrogen) atoms. The lowest BCUT2D eigenvalue weighted by Gasteiger charge is -2.49. The molecule has 1 aromatic heterocycles. The third-order valence-corrected chi connectivity index (χ3v) is 11.8. The number of nitrogens with zero attached hydrogens (tertiary/aromatic N) is 4. The van der Waals surface area contributed by atoms with Gasteiger partial charge in [0.25, 0.3) is 11.1 Å². The van der Waals surface area contributed by atoms with Crippen LogP contribution in [0.1, 0.15) is 50.3 Å². The van der Waals surface area contributed by atoms with Crippen molar-refractivity contribution >= 4 is 56.2 Å². The molecule has 3 aromatic rings. The number of benzene rings is 2. The number of hydrogen-bond acceptors (Lipinski definition) is 8. The molecular formula is C30H33F3N5O7S2+. The number of rotatable bonds is 7. The molecule has 17 heteroatoms. The number of carbonyl (C=O) groups is 3. The Balaban J connectivity index is 1.34. The van der Waals surface area contributed by atoms with Crippen molar-refractivity contribution in [3.63, 3.8) is 0 Å². The summed E-state index contributed by atoms with van der Waals surface area (Å²) in [4.78, 5) is 39.0. The number of carbonyl (C=O) groups excluding carboxylic acids is 2. The maximum absolute atomic E-state index is 13.7. The van der Waals surface area contributed by atoms with Crippen molar-refractivity contribution in [1.29, 1.82) is 0 Å². The third kappa shape index (κ3) is 6.43. The minimum Gasteiger partial charge on any atom is -0.497 e. The van der Waals surface area contributed by atoms with E-state index >= 15 is 0 Å². The highest BCUT2D eigenvalue weighted by Crippen LogP contribution is 2.40. The standard InChI is InChI=1S/C30H32F3N5O7S2/c1-29(2,3)38(47(43,44)35-27(40)41)11-9-21(10-12-38)37-26(39)25(46-28(37)42)14-18-5-8-24-20(13-18)16-34-36(24)17-19-6-7-22(45-4)15-23(19)30(31,32)33/h5-8,13-16,21,35H,9-12,17H2,1-4H3/p+1/b25-14-. The molecule has 0 spiro atoms. The quantitative estimate of drug-likeness (QED) is 0.244. The second kappa shape index (κ2) is 12.2. The monoisotopic (exact) mass is 696 g/mol. The van der Waals surface area contributed by atoms with Crippen molar-refractivity contribution in [3.05, 3.63) is 64.2 Å². The molecule has 0 atom stereocenters. The van der Waals surface area contributed by atoms with Crippen LogP contribution in [0.3, 0.4) is 0 Å². The van der Waals surface area contributed by atoms with Crippen molar-refractivity contribution < 1.29 is 49.7 Å². The SMILES string of the molecule is COc1ccc(Cn2ncc3cc(/C=C4\SC(=O)N(C5CC[N+](C(C)(C)C)(S(=O)(=O)NC(=O)O)CC5)C4=O)ccc32)c(C(F)(F)F)c1. The van der Waals surface area contributed by atoms with Crippen LogP contribution in [0.4, 0.5) is 22.8 Å². The Labute approximate surface area is 272 Å². The number of aromatic nitrogens is 2. The Morgan fingerprint density at radius 2 is 1.83 bits per heavy atom. The van der Waals surface area contributed by atoms with Crippen LogP contribution in [0.25, 0.3) is 17.0 Å². The highest BCUT2D eigenvalue weighted by atomic mass is 32.2. The second-order valence-electron chi connectivity index (χ2n) is 12.3. The van der Waals surface area contributed by atoms with Gasteiger partial charge in [0.1, 0.15) is 11.3 Å². The average molecular weight is 697 g/mol. The van der Waals surface area contributed by atoms with Gasteiger partial charge in [0, 0.05) is 18.2 Å². The number of methoxy groups -OCH3 is 1. The van der Waals surface area contributed by atoms with Crippen molar-refractivity contribution in [1.82, 2.24) is 19.4 Å². The lowest BCUT2D eigenvalue weighted by atomic mass is 9.97. The summed E-state index contributed by atoms with van der Waals surface area (Å²) in [5, 5.41) is 13.5. The predicted octanol–water partition coefficient (Wildman–Crippen LogP) is 5.44. The number of quaternary nitrogens is 1. The third-order valence-electron chi connectivity index (χ3n) is 8.64. The van der Waals surface area contributed by atoms with Crippen LogP contribution in [0.15, 0.2) is 47.5 Å². The van der Waals surface area contributed by atoms with Crippen LogP contribution in [-0.2, 0) is 27.7 Å². The molecule has 252 valence electrons. The zero-order valence-electron chi connectivity index (χ0n) is 25.9. The topological polar surface area (TPSA) is 148 Å². The molecule has 2 N–H and O–H groups in total. The number of amides is 3. The minimum absolute atomic E-state index is 0.0121. The molecule has 2 saturated heterocycles. The molecule has 0 saturated carbocycles. The fourth-order valence-corrected chi connectivity index (χ4v) is 8.92. The number of nitrogens with one attached hydrogen (secondary N) is 1. The molecule has 0 radical (unpaired) electrons. The Morgan fingerprint density at radius 1 is 1.15 bits per heavy atom. The van der Waals surface area contributed by atoms with Gasteiger partial charge in [-0.05, 0) is 74.0 Å². The van der Waals surface area contributed by atoms with Crippen LogP contribution in [-0.4, -0.2) is 81.1 Å². The lowest BCUT2D eigenvalue weighted by Crippen LogP contribution is -2.70. The Kier molecular flexibility index (Phi) is 8.87. The van der Waals surface area contributed by atoms with Crippen molar-refractivity contribution in [2.45, 2.75) is 57.9 Å². The van der Waals surface area contributed by atoms with Gasteiger partial charge in [-0.1, -0.05) is 12.1 Å². The molecule has 12 nitrogen and oxygen atoms in total. The molecule has 0 unspecified atom stereocenters. The van der Waals surface area contributed by atoms with E-state index in [9.17, 15) is 36.0 Å². The van der Waals surface area contributed by atoms with Crippen molar-refractivity contribution in [2.24, 2.45) is 0 Å². The summed E-state index contributed by atoms with van der Waals surface area (Å²) in [5.41, 5.74) is -0.576. The molecule has 2 aromatic carbocycles. The summed E-state index contributed by atoms with van der Waals surface area (Å²) in [5.74, 6) is -0.440. The fraction of sp³-hybridized carbons (Fsp3) is 0.400. The van der Waals surface area contributed by atoms with Crippen molar-refractivity contribution in [2.75, 3.05) is 20.2 Å². The number of piperidine rings is 1. The predicted molar refractivity (Wildman–Crippen MR) is 167 cm³/mol. The van der Waals surface area contributed by atoms with Crippen LogP contribution in [0, 0.1) is 0 Å². The molecule has 2 aliphatic rings. The Morgan fingerprint density at radius 3 is 2.43 bits per heavy atom. The lowest BCUT2D eigenvalue weighted by molar-refractivity contribution is -0.862. The zero-order valence-corrected chi connectivity index (χ0v) is 27.5. The van der Waals surface area contributed by atoms with E-state index in [1.165, 1.54) is 30.1 Å². The first-order valence-electron chi connectivity index (χ1n) is 14.5. The van der Waals surface area contributed by atoms with Gasteiger partial charge < -0.3 is 9.84 Å². The maximum atomic E-state index is 13.7. The van der Waals surface area contributed by atoms with Crippen LogP contribution in [0.2, 0.25) is 0 Å². The molecule has 0 aliphatic carbocycles. The summed E-state index contributed by atoms with van der Waals surface area (Å²) in [6.45, 7) is 4.90. The first-order valence-corrected chi connectivity index (χ1v) is 16.7.